The van der Waals surface area contributed by atoms with Gasteiger partial charge in [-0.15, -0.1) is 5.10 Å². The molecule has 1 aliphatic heterocycles. The van der Waals surface area contributed by atoms with E-state index < -0.39 is 0 Å². The van der Waals surface area contributed by atoms with E-state index in [1.54, 1.807) is 4.52 Å². The summed E-state index contributed by atoms with van der Waals surface area (Å²) in [7, 11) is 0. The van der Waals surface area contributed by atoms with Gasteiger partial charge in [0.2, 0.25) is 5.91 Å². The first-order chi connectivity index (χ1) is 12.5. The van der Waals surface area contributed by atoms with E-state index in [0.29, 0.717) is 16.9 Å². The van der Waals surface area contributed by atoms with Crippen molar-refractivity contribution in [1.29, 1.82) is 0 Å². The van der Waals surface area contributed by atoms with Crippen LogP contribution >= 0.6 is 11.8 Å². The molecule has 1 saturated heterocycles. The zero-order valence-corrected chi connectivity index (χ0v) is 16.2. The number of aryl methyl sites for hydroxylation is 1. The largest absolute Gasteiger partial charge is 0.342 e. The minimum absolute atomic E-state index is 0.182. The molecule has 0 saturated carbocycles. The molecule has 136 valence electrons. The molecule has 6 nitrogen and oxygen atoms in total. The van der Waals surface area contributed by atoms with E-state index >= 15 is 0 Å². The number of hydrogen-bond donors (Lipinski definition) is 0. The Morgan fingerprint density at radius 2 is 1.96 bits per heavy atom. The lowest BCUT2D eigenvalue weighted by Gasteiger charge is -2.31. The lowest BCUT2D eigenvalue weighted by Crippen LogP contribution is -2.41. The summed E-state index contributed by atoms with van der Waals surface area (Å²) < 4.78 is 1.77. The van der Waals surface area contributed by atoms with Gasteiger partial charge in [-0.1, -0.05) is 30.8 Å². The number of thioether (sulfide) groups is 1. The molecule has 0 aliphatic carbocycles. The summed E-state index contributed by atoms with van der Waals surface area (Å²) in [6.45, 7) is 7.79. The molecule has 2 aromatic heterocycles. The van der Waals surface area contributed by atoms with Gasteiger partial charge in [-0.05, 0) is 44.7 Å². The second kappa shape index (κ2) is 6.87. The van der Waals surface area contributed by atoms with Crippen LogP contribution in [0.2, 0.25) is 0 Å². The zero-order valence-electron chi connectivity index (χ0n) is 15.3. The Bertz CT molecular complexity index is 961. The highest BCUT2D eigenvalue weighted by Crippen LogP contribution is 2.28. The molecule has 0 bridgehead atoms. The van der Waals surface area contributed by atoms with Gasteiger partial charge in [-0.2, -0.15) is 4.52 Å². The van der Waals surface area contributed by atoms with Gasteiger partial charge >= 0.3 is 0 Å². The number of hydrogen-bond acceptors (Lipinski definition) is 5. The Kier molecular flexibility index (Phi) is 4.56. The van der Waals surface area contributed by atoms with Crippen LogP contribution in [0.3, 0.4) is 0 Å². The van der Waals surface area contributed by atoms with Gasteiger partial charge in [-0.3, -0.25) is 4.79 Å². The second-order valence-corrected chi connectivity index (χ2v) is 8.38. The van der Waals surface area contributed by atoms with Crippen molar-refractivity contribution in [2.75, 3.05) is 13.1 Å². The van der Waals surface area contributed by atoms with Crippen LogP contribution in [0.25, 0.3) is 16.6 Å². The van der Waals surface area contributed by atoms with Crippen LogP contribution < -0.4 is 0 Å². The smallest absolute Gasteiger partial charge is 0.235 e. The van der Waals surface area contributed by atoms with E-state index in [2.05, 4.69) is 17.0 Å². The van der Waals surface area contributed by atoms with Crippen LogP contribution in [-0.4, -0.2) is 48.7 Å². The maximum absolute atomic E-state index is 12.8. The van der Waals surface area contributed by atoms with E-state index in [1.807, 2.05) is 43.0 Å². The Labute approximate surface area is 157 Å². The van der Waals surface area contributed by atoms with Crippen molar-refractivity contribution in [2.24, 2.45) is 5.92 Å². The van der Waals surface area contributed by atoms with Crippen molar-refractivity contribution in [3.8, 4) is 0 Å². The van der Waals surface area contributed by atoms with Crippen LogP contribution in [0.15, 0.2) is 29.4 Å². The molecule has 3 aromatic rings. The molecule has 1 aromatic carbocycles. The molecule has 4 rings (SSSR count). The lowest BCUT2D eigenvalue weighted by molar-refractivity contribution is -0.131. The summed E-state index contributed by atoms with van der Waals surface area (Å²) in [4.78, 5) is 24.1. The average molecular weight is 369 g/mol. The van der Waals surface area contributed by atoms with Gasteiger partial charge in [0, 0.05) is 18.5 Å². The number of para-hydroxylation sites is 1. The number of rotatable bonds is 3. The molecule has 7 heteroatoms. The fourth-order valence-corrected chi connectivity index (χ4v) is 4.35. The Hall–Kier alpha value is -2.15. The number of amides is 1. The van der Waals surface area contributed by atoms with Crippen LogP contribution in [-0.2, 0) is 4.79 Å². The first-order valence-corrected chi connectivity index (χ1v) is 9.98. The highest BCUT2D eigenvalue weighted by atomic mass is 32.2. The highest BCUT2D eigenvalue weighted by Gasteiger charge is 2.26. The monoisotopic (exact) mass is 369 g/mol. The predicted octanol–water partition coefficient (Wildman–Crippen LogP) is 3.33. The summed E-state index contributed by atoms with van der Waals surface area (Å²) >= 11 is 1.46. The van der Waals surface area contributed by atoms with Gasteiger partial charge in [-0.25, -0.2) is 9.97 Å². The van der Waals surface area contributed by atoms with Gasteiger partial charge in [0.15, 0.2) is 10.8 Å². The number of fused-ring (bicyclic) bond motifs is 3. The molecule has 3 heterocycles. The summed E-state index contributed by atoms with van der Waals surface area (Å²) in [5, 5.41) is 5.98. The van der Waals surface area contributed by atoms with Crippen molar-refractivity contribution >= 4 is 34.2 Å². The molecule has 1 aliphatic rings. The lowest BCUT2D eigenvalue weighted by atomic mass is 9.99. The maximum Gasteiger partial charge on any atom is 0.235 e. The van der Waals surface area contributed by atoms with Crippen molar-refractivity contribution in [3.63, 3.8) is 0 Å². The molecule has 1 unspecified atom stereocenters. The predicted molar refractivity (Wildman–Crippen MR) is 103 cm³/mol. The van der Waals surface area contributed by atoms with Gasteiger partial charge in [0.05, 0.1) is 10.8 Å². The van der Waals surface area contributed by atoms with E-state index in [1.165, 1.54) is 11.8 Å². The number of piperidine rings is 1. The van der Waals surface area contributed by atoms with Crippen molar-refractivity contribution in [3.05, 3.63) is 30.1 Å². The third-order valence-electron chi connectivity index (χ3n) is 4.98. The average Bonchev–Trinajstić information content (AvgIpc) is 3.04. The van der Waals surface area contributed by atoms with Crippen LogP contribution in [0.5, 0.6) is 0 Å². The number of carbonyl (C=O) groups is 1. The molecule has 0 spiro atoms. The Morgan fingerprint density at radius 1 is 1.23 bits per heavy atom. The van der Waals surface area contributed by atoms with Crippen molar-refractivity contribution < 1.29 is 4.79 Å². The van der Waals surface area contributed by atoms with Gasteiger partial charge in [0.25, 0.3) is 0 Å². The van der Waals surface area contributed by atoms with Crippen LogP contribution in [0, 0.1) is 12.8 Å². The standard InChI is InChI=1S/C19H23N5OS/c1-12-8-10-23(11-9-12)18(25)13(2)26-19-21-16-7-5-4-6-15(16)17-20-14(3)22-24(17)19/h4-7,12-13H,8-11H2,1-3H3. The van der Waals surface area contributed by atoms with Crippen LogP contribution in [0.1, 0.15) is 32.5 Å². The molecule has 1 fully saturated rings. The minimum Gasteiger partial charge on any atom is -0.342 e. The van der Waals surface area contributed by atoms with Crippen molar-refractivity contribution in [2.45, 2.75) is 44.0 Å². The number of likely N-dealkylation sites (tertiary alicyclic amines) is 1. The molecule has 26 heavy (non-hydrogen) atoms. The summed E-state index contributed by atoms with van der Waals surface area (Å²) in [5.74, 6) is 1.60. The third kappa shape index (κ3) is 3.16. The molecular weight excluding hydrogens is 346 g/mol. The quantitative estimate of drug-likeness (QED) is 0.523. The molecular formula is C19H23N5OS. The summed E-state index contributed by atoms with van der Waals surface area (Å²) in [6, 6.07) is 7.92. The highest BCUT2D eigenvalue weighted by molar-refractivity contribution is 8.00. The van der Waals surface area contributed by atoms with Crippen LogP contribution in [0.4, 0.5) is 0 Å². The zero-order chi connectivity index (χ0) is 18.3. The fourth-order valence-electron chi connectivity index (χ4n) is 3.40. The Balaban J connectivity index is 1.64. The SMILES string of the molecule is Cc1nc2c3ccccc3nc(SC(C)C(=O)N3CCC(C)CC3)n2n1. The normalized spacial score (nSPS) is 17.1. The number of benzene rings is 1. The summed E-state index contributed by atoms with van der Waals surface area (Å²) in [6.07, 6.45) is 2.17. The molecule has 0 N–H and O–H groups in total. The van der Waals surface area contributed by atoms with E-state index in [0.717, 1.165) is 42.5 Å². The summed E-state index contributed by atoms with van der Waals surface area (Å²) in [5.41, 5.74) is 1.67. The Morgan fingerprint density at radius 3 is 2.73 bits per heavy atom. The van der Waals surface area contributed by atoms with E-state index in [-0.39, 0.29) is 11.2 Å². The first kappa shape index (κ1) is 17.3. The number of aromatic nitrogens is 4. The second-order valence-electron chi connectivity index (χ2n) is 7.07. The minimum atomic E-state index is -0.204. The van der Waals surface area contributed by atoms with Gasteiger partial charge in [0.1, 0.15) is 5.82 Å². The first-order valence-electron chi connectivity index (χ1n) is 9.10. The van der Waals surface area contributed by atoms with E-state index in [4.69, 9.17) is 4.98 Å². The van der Waals surface area contributed by atoms with E-state index in [9.17, 15) is 4.79 Å². The number of nitrogens with zero attached hydrogens (tertiary/aromatic N) is 5. The molecule has 1 atom stereocenters. The molecule has 0 radical (unpaired) electrons. The van der Waals surface area contributed by atoms with Crippen molar-refractivity contribution in [1.82, 2.24) is 24.5 Å². The topological polar surface area (TPSA) is 63.4 Å². The molecule has 1 amide bonds. The third-order valence-corrected chi connectivity index (χ3v) is 6.01. The number of carbonyl (C=O) groups excluding carboxylic acids is 1. The fraction of sp³-hybridized carbons (Fsp3) is 0.474. The van der Waals surface area contributed by atoms with Gasteiger partial charge < -0.3 is 4.90 Å². The maximum atomic E-state index is 12.8.